The first-order valence-electron chi connectivity index (χ1n) is 12.9. The van der Waals surface area contributed by atoms with Crippen LogP contribution in [0, 0.1) is 0 Å². The molecule has 32 heavy (non-hydrogen) atoms. The molecule has 0 spiro atoms. The van der Waals surface area contributed by atoms with Crippen LogP contribution in [0.4, 0.5) is 0 Å². The van der Waals surface area contributed by atoms with Crippen molar-refractivity contribution in [2.75, 3.05) is 0 Å². The second kappa shape index (κ2) is 13.9. The molecule has 1 aliphatic carbocycles. The SMILES string of the molecule is CCCCCCCCCC(=O)N(Cc1cccn1Cc1ccc(Br)cc1)C1CCCCC1. The van der Waals surface area contributed by atoms with E-state index >= 15 is 0 Å². The van der Waals surface area contributed by atoms with E-state index < -0.39 is 0 Å². The predicted molar refractivity (Wildman–Crippen MR) is 138 cm³/mol. The van der Waals surface area contributed by atoms with Crippen molar-refractivity contribution in [1.29, 1.82) is 0 Å². The lowest BCUT2D eigenvalue weighted by Gasteiger charge is -2.35. The Labute approximate surface area is 203 Å². The fourth-order valence-electron chi connectivity index (χ4n) is 4.90. The second-order valence-electron chi connectivity index (χ2n) is 9.44. The van der Waals surface area contributed by atoms with Gasteiger partial charge in [0.25, 0.3) is 0 Å². The largest absolute Gasteiger partial charge is 0.345 e. The van der Waals surface area contributed by atoms with E-state index in [4.69, 9.17) is 0 Å². The van der Waals surface area contributed by atoms with Crippen LogP contribution < -0.4 is 0 Å². The summed E-state index contributed by atoms with van der Waals surface area (Å²) in [4.78, 5) is 15.5. The maximum atomic E-state index is 13.3. The summed E-state index contributed by atoms with van der Waals surface area (Å²) in [6.45, 7) is 3.84. The van der Waals surface area contributed by atoms with Crippen molar-refractivity contribution < 1.29 is 4.79 Å². The minimum Gasteiger partial charge on any atom is -0.345 e. The van der Waals surface area contributed by atoms with Crippen LogP contribution in [0.2, 0.25) is 0 Å². The van der Waals surface area contributed by atoms with Gasteiger partial charge in [-0.3, -0.25) is 4.79 Å². The smallest absolute Gasteiger partial charge is 0.223 e. The number of nitrogens with zero attached hydrogens (tertiary/aromatic N) is 2. The van der Waals surface area contributed by atoms with E-state index in [1.165, 1.54) is 69.0 Å². The zero-order chi connectivity index (χ0) is 22.6. The Kier molecular flexibility index (Phi) is 10.9. The standard InChI is InChI=1S/C28H41BrN2O/c1-2-3-4-5-6-7-11-16-28(32)31(26-13-9-8-10-14-26)23-27-15-12-21-30(27)22-24-17-19-25(29)20-18-24/h12,15,17-21,26H,2-11,13-14,16,22-23H2,1H3. The van der Waals surface area contributed by atoms with Crippen molar-refractivity contribution in [3.63, 3.8) is 0 Å². The number of amides is 1. The van der Waals surface area contributed by atoms with Crippen LogP contribution in [0.15, 0.2) is 47.1 Å². The maximum absolute atomic E-state index is 13.3. The molecule has 2 aromatic rings. The fraction of sp³-hybridized carbons (Fsp3) is 0.607. The first-order chi connectivity index (χ1) is 15.7. The third-order valence-electron chi connectivity index (χ3n) is 6.85. The number of carbonyl (C=O) groups is 1. The third-order valence-corrected chi connectivity index (χ3v) is 7.38. The summed E-state index contributed by atoms with van der Waals surface area (Å²) in [5.41, 5.74) is 2.52. The zero-order valence-corrected chi connectivity index (χ0v) is 21.5. The number of unbranched alkanes of at least 4 members (excludes halogenated alkanes) is 6. The van der Waals surface area contributed by atoms with Gasteiger partial charge in [-0.05, 0) is 49.1 Å². The molecule has 0 atom stereocenters. The third kappa shape index (κ3) is 8.10. The van der Waals surface area contributed by atoms with Gasteiger partial charge in [-0.2, -0.15) is 0 Å². The van der Waals surface area contributed by atoms with Gasteiger partial charge in [0.2, 0.25) is 5.91 Å². The van der Waals surface area contributed by atoms with Gasteiger partial charge in [0, 0.05) is 35.4 Å². The molecule has 0 radical (unpaired) electrons. The van der Waals surface area contributed by atoms with Gasteiger partial charge in [-0.15, -0.1) is 0 Å². The van der Waals surface area contributed by atoms with E-state index in [1.54, 1.807) is 0 Å². The van der Waals surface area contributed by atoms with Gasteiger partial charge in [0.05, 0.1) is 6.54 Å². The molecule has 0 unspecified atom stereocenters. The van der Waals surface area contributed by atoms with Gasteiger partial charge >= 0.3 is 0 Å². The summed E-state index contributed by atoms with van der Waals surface area (Å²) < 4.78 is 3.41. The Balaban J connectivity index is 1.59. The number of benzene rings is 1. The summed E-state index contributed by atoms with van der Waals surface area (Å²) in [6, 6.07) is 13.2. The summed E-state index contributed by atoms with van der Waals surface area (Å²) in [5, 5.41) is 0. The van der Waals surface area contributed by atoms with E-state index in [1.807, 2.05) is 0 Å². The molecular formula is C28H41BrN2O. The number of hydrogen-bond acceptors (Lipinski definition) is 1. The molecule has 0 aliphatic heterocycles. The van der Waals surface area contributed by atoms with Crippen molar-refractivity contribution in [2.45, 2.75) is 110 Å². The van der Waals surface area contributed by atoms with Crippen molar-refractivity contribution >= 4 is 21.8 Å². The highest BCUT2D eigenvalue weighted by Gasteiger charge is 2.26. The highest BCUT2D eigenvalue weighted by atomic mass is 79.9. The Morgan fingerprint density at radius 1 is 0.969 bits per heavy atom. The molecule has 4 heteroatoms. The minimum absolute atomic E-state index is 0.363. The fourth-order valence-corrected chi connectivity index (χ4v) is 5.16. The Hall–Kier alpha value is -1.55. The van der Waals surface area contributed by atoms with Crippen LogP contribution in [0.1, 0.15) is 102 Å². The lowest BCUT2D eigenvalue weighted by atomic mass is 9.93. The molecular weight excluding hydrogens is 460 g/mol. The average Bonchev–Trinajstić information content (AvgIpc) is 3.25. The lowest BCUT2D eigenvalue weighted by Crippen LogP contribution is -2.41. The maximum Gasteiger partial charge on any atom is 0.223 e. The van der Waals surface area contributed by atoms with E-state index in [9.17, 15) is 4.79 Å². The summed E-state index contributed by atoms with van der Waals surface area (Å²) >= 11 is 3.52. The number of aromatic nitrogens is 1. The van der Waals surface area contributed by atoms with Crippen LogP contribution in [0.5, 0.6) is 0 Å². The van der Waals surface area contributed by atoms with Crippen molar-refractivity contribution in [3.8, 4) is 0 Å². The van der Waals surface area contributed by atoms with Crippen LogP contribution in [0.25, 0.3) is 0 Å². The van der Waals surface area contributed by atoms with Gasteiger partial charge in [-0.1, -0.05) is 92.8 Å². The number of carbonyl (C=O) groups excluding carboxylic acids is 1. The predicted octanol–water partition coefficient (Wildman–Crippen LogP) is 8.10. The molecule has 3 nitrogen and oxygen atoms in total. The minimum atomic E-state index is 0.363. The highest BCUT2D eigenvalue weighted by molar-refractivity contribution is 9.10. The highest BCUT2D eigenvalue weighted by Crippen LogP contribution is 2.26. The number of halogens is 1. The van der Waals surface area contributed by atoms with Crippen LogP contribution >= 0.6 is 15.9 Å². The molecule has 176 valence electrons. The molecule has 1 saturated carbocycles. The molecule has 0 N–H and O–H groups in total. The molecule has 1 aliphatic rings. The van der Waals surface area contributed by atoms with Crippen LogP contribution in [-0.4, -0.2) is 21.4 Å². The quantitative estimate of drug-likeness (QED) is 0.255. The van der Waals surface area contributed by atoms with Gasteiger partial charge in [0.15, 0.2) is 0 Å². The topological polar surface area (TPSA) is 25.2 Å². The molecule has 3 rings (SSSR count). The number of rotatable bonds is 13. The van der Waals surface area contributed by atoms with E-state index in [0.717, 1.165) is 36.8 Å². The van der Waals surface area contributed by atoms with Crippen molar-refractivity contribution in [3.05, 3.63) is 58.3 Å². The van der Waals surface area contributed by atoms with E-state index in [0.29, 0.717) is 18.4 Å². The molecule has 1 fully saturated rings. The van der Waals surface area contributed by atoms with Crippen molar-refractivity contribution in [1.82, 2.24) is 9.47 Å². The monoisotopic (exact) mass is 500 g/mol. The Morgan fingerprint density at radius 3 is 2.38 bits per heavy atom. The summed E-state index contributed by atoms with van der Waals surface area (Å²) in [5.74, 6) is 0.363. The Morgan fingerprint density at radius 2 is 1.66 bits per heavy atom. The Bertz CT molecular complexity index is 792. The molecule has 1 amide bonds. The summed E-state index contributed by atoms with van der Waals surface area (Å²) in [7, 11) is 0. The molecule has 1 aromatic heterocycles. The summed E-state index contributed by atoms with van der Waals surface area (Å²) in [6.07, 6.45) is 17.8. The van der Waals surface area contributed by atoms with Crippen LogP contribution in [-0.2, 0) is 17.9 Å². The second-order valence-corrected chi connectivity index (χ2v) is 10.4. The molecule has 1 aromatic carbocycles. The van der Waals surface area contributed by atoms with Crippen molar-refractivity contribution in [2.24, 2.45) is 0 Å². The first kappa shape index (κ1) is 25.1. The number of hydrogen-bond donors (Lipinski definition) is 0. The van der Waals surface area contributed by atoms with Gasteiger partial charge in [0.1, 0.15) is 0 Å². The van der Waals surface area contributed by atoms with Gasteiger partial charge in [-0.25, -0.2) is 0 Å². The lowest BCUT2D eigenvalue weighted by molar-refractivity contribution is -0.135. The van der Waals surface area contributed by atoms with Crippen LogP contribution in [0.3, 0.4) is 0 Å². The zero-order valence-electron chi connectivity index (χ0n) is 19.9. The molecule has 0 bridgehead atoms. The normalized spacial score (nSPS) is 14.6. The molecule has 1 heterocycles. The van der Waals surface area contributed by atoms with E-state index in [2.05, 4.69) is 74.9 Å². The average molecular weight is 502 g/mol. The van der Waals surface area contributed by atoms with Gasteiger partial charge < -0.3 is 9.47 Å². The molecule has 0 saturated heterocycles. The first-order valence-corrected chi connectivity index (χ1v) is 13.6. The van der Waals surface area contributed by atoms with E-state index in [-0.39, 0.29) is 0 Å².